The molecule has 6 rings (SSSR count). The molecule has 4 heterocycles. The molecular weight excluding hydrogens is 400 g/mol. The number of rotatable bonds is 2. The number of nitrogens with zero attached hydrogens (tertiary/aromatic N) is 4. The number of hydrogen-bond donors (Lipinski definition) is 0. The first kappa shape index (κ1) is 14.9. The Bertz CT molecular complexity index is 1670. The predicted octanol–water partition coefficient (Wildman–Crippen LogP) is 5.77. The van der Waals surface area contributed by atoms with Gasteiger partial charge in [-0.25, -0.2) is 9.55 Å². The molecule has 0 amide bonds. The molecule has 3 aromatic heterocycles. The van der Waals surface area contributed by atoms with Crippen molar-refractivity contribution in [2.75, 3.05) is 0 Å². The molecule has 0 atom stereocenters. The maximum Gasteiger partial charge on any atom is 0.287 e. The number of benzene rings is 2. The van der Waals surface area contributed by atoms with Gasteiger partial charge in [0.05, 0.1) is 23.8 Å². The van der Waals surface area contributed by atoms with Crippen LogP contribution in [0.15, 0.2) is 42.0 Å². The lowest BCUT2D eigenvalue weighted by Crippen LogP contribution is -2.32. The highest BCUT2D eigenvalue weighted by Gasteiger charge is 2.31. The monoisotopic (exact) mass is 429 g/mol. The molecule has 5 heteroatoms. The van der Waals surface area contributed by atoms with Gasteiger partial charge in [0.1, 0.15) is 10.5 Å². The van der Waals surface area contributed by atoms with Gasteiger partial charge in [-0.3, -0.25) is 4.57 Å². The summed E-state index contributed by atoms with van der Waals surface area (Å²) in [5.41, 5.74) is 8.47. The van der Waals surface area contributed by atoms with Crippen molar-refractivity contribution in [2.24, 2.45) is 7.05 Å². The summed E-state index contributed by atoms with van der Waals surface area (Å²) in [6.45, 7) is 3.38. The van der Waals surface area contributed by atoms with E-state index in [4.69, 9.17) is 10.5 Å². The number of thiophene rings is 1. The highest BCUT2D eigenvalue weighted by molar-refractivity contribution is 7.17. The number of para-hydroxylation sites is 2. The topological polar surface area (TPSA) is 34.6 Å². The second kappa shape index (κ2) is 6.47. The highest BCUT2D eigenvalue weighted by Crippen LogP contribution is 2.43. The smallest absolute Gasteiger partial charge is 0.287 e. The SMILES string of the molecule is [2H]C([2H])([2H])c1cc2c(c(-c3c4scc(C([2H])(C)C)c4nc[n+]3C)c1C)Cc1nc3ccccc3n1-2. The van der Waals surface area contributed by atoms with Gasteiger partial charge in [-0.1, -0.05) is 26.0 Å². The molecule has 0 aliphatic carbocycles. The van der Waals surface area contributed by atoms with Crippen LogP contribution >= 0.6 is 11.3 Å². The minimum Gasteiger partial charge on any atom is -0.296 e. The summed E-state index contributed by atoms with van der Waals surface area (Å²) in [6.07, 6.45) is 2.39. The molecule has 31 heavy (non-hydrogen) atoms. The number of imidazole rings is 1. The Kier molecular flexibility index (Phi) is 3.10. The third-order valence-electron chi connectivity index (χ3n) is 6.35. The van der Waals surface area contributed by atoms with E-state index >= 15 is 0 Å². The van der Waals surface area contributed by atoms with Crippen molar-refractivity contribution < 1.29 is 10.1 Å². The summed E-state index contributed by atoms with van der Waals surface area (Å²) in [7, 11) is 1.95. The van der Waals surface area contributed by atoms with Crippen molar-refractivity contribution in [1.29, 1.82) is 0 Å². The number of aryl methyl sites for hydroxylation is 2. The molecule has 0 N–H and O–H groups in total. The highest BCUT2D eigenvalue weighted by atomic mass is 32.1. The van der Waals surface area contributed by atoms with E-state index in [0.29, 0.717) is 12.0 Å². The summed E-state index contributed by atoms with van der Waals surface area (Å²) < 4.78 is 38.6. The van der Waals surface area contributed by atoms with Gasteiger partial charge in [0.25, 0.3) is 6.33 Å². The van der Waals surface area contributed by atoms with Crippen LogP contribution in [0.2, 0.25) is 0 Å². The van der Waals surface area contributed by atoms with Crippen LogP contribution in [0.1, 0.15) is 53.3 Å². The zero-order chi connectivity index (χ0) is 24.9. The molecule has 0 saturated heterocycles. The average Bonchev–Trinajstić information content (AvgIpc) is 3.44. The van der Waals surface area contributed by atoms with Crippen molar-refractivity contribution in [1.82, 2.24) is 14.5 Å². The van der Waals surface area contributed by atoms with Crippen LogP contribution in [-0.2, 0) is 13.5 Å². The Morgan fingerprint density at radius 1 is 1.29 bits per heavy atom. The van der Waals surface area contributed by atoms with Gasteiger partial charge in [-0.2, -0.15) is 0 Å². The summed E-state index contributed by atoms with van der Waals surface area (Å²) >= 11 is 1.57. The third kappa shape index (κ3) is 2.50. The molecule has 0 radical (unpaired) electrons. The Labute approximate surface area is 191 Å². The van der Waals surface area contributed by atoms with Gasteiger partial charge >= 0.3 is 0 Å². The van der Waals surface area contributed by atoms with E-state index in [1.54, 1.807) is 17.7 Å². The van der Waals surface area contributed by atoms with Crippen LogP contribution in [0.3, 0.4) is 0 Å². The molecule has 0 saturated carbocycles. The van der Waals surface area contributed by atoms with Crippen LogP contribution in [0, 0.1) is 13.8 Å². The van der Waals surface area contributed by atoms with Crippen LogP contribution in [0.4, 0.5) is 0 Å². The fourth-order valence-corrected chi connectivity index (χ4v) is 6.01. The number of hydrogen-bond acceptors (Lipinski definition) is 3. The lowest BCUT2D eigenvalue weighted by molar-refractivity contribution is -0.662. The molecule has 1 aliphatic heterocycles. The van der Waals surface area contributed by atoms with E-state index in [0.717, 1.165) is 60.7 Å². The first-order valence-electron chi connectivity index (χ1n) is 12.4. The lowest BCUT2D eigenvalue weighted by Gasteiger charge is -2.16. The van der Waals surface area contributed by atoms with Gasteiger partial charge in [0, 0.05) is 23.0 Å². The molecule has 0 spiro atoms. The van der Waals surface area contributed by atoms with Crippen LogP contribution in [-0.4, -0.2) is 14.5 Å². The predicted molar refractivity (Wildman–Crippen MR) is 127 cm³/mol. The quantitative estimate of drug-likeness (QED) is 0.327. The van der Waals surface area contributed by atoms with Crippen molar-refractivity contribution in [3.63, 3.8) is 0 Å². The molecule has 0 fully saturated rings. The Hall–Kier alpha value is -3.05. The minimum atomic E-state index is -2.26. The number of fused-ring (bicyclic) bond motifs is 6. The molecule has 0 unspecified atom stereocenters. The van der Waals surface area contributed by atoms with E-state index in [1.165, 1.54) is 0 Å². The molecule has 2 aromatic carbocycles. The van der Waals surface area contributed by atoms with Crippen molar-refractivity contribution >= 4 is 32.6 Å². The van der Waals surface area contributed by atoms with E-state index in [1.807, 2.05) is 68.1 Å². The van der Waals surface area contributed by atoms with E-state index in [2.05, 4.69) is 9.55 Å². The number of aromatic nitrogens is 4. The van der Waals surface area contributed by atoms with Gasteiger partial charge in [-0.15, -0.1) is 11.3 Å². The van der Waals surface area contributed by atoms with Crippen molar-refractivity contribution in [3.05, 3.63) is 70.1 Å². The van der Waals surface area contributed by atoms with E-state index in [9.17, 15) is 0 Å². The molecule has 4 nitrogen and oxygen atoms in total. The maximum atomic E-state index is 8.60. The zero-order valence-corrected chi connectivity index (χ0v) is 18.8. The van der Waals surface area contributed by atoms with Crippen molar-refractivity contribution in [3.8, 4) is 16.9 Å². The Morgan fingerprint density at radius 2 is 2.13 bits per heavy atom. The van der Waals surface area contributed by atoms with E-state index in [-0.39, 0.29) is 0 Å². The van der Waals surface area contributed by atoms with Gasteiger partial charge in [0.15, 0.2) is 5.69 Å². The third-order valence-corrected chi connectivity index (χ3v) is 7.32. The van der Waals surface area contributed by atoms with Gasteiger partial charge < -0.3 is 0 Å². The fourth-order valence-electron chi connectivity index (χ4n) is 4.80. The standard InChI is InChI=1S/C26H25N4S/c1-14(2)18-12-31-26-24(18)27-13-29(5)25(26)23-16(4)15(3)10-21-17(23)11-22-28-19-8-6-7-9-20(19)30(21)22/h6-10,12-14H,11H2,1-5H3/q+1/i3D3,14D. The van der Waals surface area contributed by atoms with Crippen molar-refractivity contribution in [2.45, 2.75) is 39.9 Å². The molecule has 154 valence electrons. The summed E-state index contributed by atoms with van der Waals surface area (Å²) in [5.74, 6) is 0.123. The molecule has 1 aliphatic rings. The summed E-state index contributed by atoms with van der Waals surface area (Å²) in [5, 5.41) is 2.01. The zero-order valence-electron chi connectivity index (χ0n) is 21.9. The molecule has 5 aromatic rings. The second-order valence-electron chi connectivity index (χ2n) is 8.48. The second-order valence-corrected chi connectivity index (χ2v) is 9.36. The van der Waals surface area contributed by atoms with Crippen LogP contribution in [0.25, 0.3) is 38.2 Å². The first-order valence-corrected chi connectivity index (χ1v) is 11.2. The summed E-state index contributed by atoms with van der Waals surface area (Å²) in [6, 6.07) is 9.80. The first-order chi connectivity index (χ1) is 16.5. The normalized spacial score (nSPS) is 15.5. The largest absolute Gasteiger partial charge is 0.296 e. The van der Waals surface area contributed by atoms with Gasteiger partial charge in [-0.05, 0) is 64.9 Å². The maximum absolute atomic E-state index is 8.60. The summed E-state index contributed by atoms with van der Waals surface area (Å²) in [4.78, 5) is 9.55. The molecule has 0 bridgehead atoms. The Morgan fingerprint density at radius 3 is 2.94 bits per heavy atom. The molecular formula is C26H25N4S+. The van der Waals surface area contributed by atoms with Gasteiger partial charge in [0.2, 0.25) is 5.52 Å². The van der Waals surface area contributed by atoms with Crippen LogP contribution < -0.4 is 4.57 Å². The average molecular weight is 430 g/mol. The lowest BCUT2D eigenvalue weighted by atomic mass is 9.92. The minimum absolute atomic E-state index is 0.347. The fraction of sp³-hybridized carbons (Fsp3) is 0.269. The van der Waals surface area contributed by atoms with E-state index < -0.39 is 12.7 Å². The van der Waals surface area contributed by atoms with Crippen LogP contribution in [0.5, 0.6) is 0 Å². The Balaban J connectivity index is 1.74.